The lowest BCUT2D eigenvalue weighted by atomic mass is 10.0. The first-order valence-electron chi connectivity index (χ1n) is 4.02. The Morgan fingerprint density at radius 2 is 2.08 bits per heavy atom. The topological polar surface area (TPSA) is 26.0 Å². The molecule has 0 aliphatic heterocycles. The Morgan fingerprint density at radius 3 is 2.33 bits per heavy atom. The van der Waals surface area contributed by atoms with Gasteiger partial charge in [0.2, 0.25) is 0 Å². The Balaban J connectivity index is 4.56. The number of hydrogen-bond acceptors (Lipinski definition) is 2. The van der Waals surface area contributed by atoms with Gasteiger partial charge in [-0.25, -0.2) is 0 Å². The fourth-order valence-corrected chi connectivity index (χ4v) is 1.19. The van der Waals surface area contributed by atoms with Gasteiger partial charge in [0.25, 0.3) is 0 Å². The molecule has 0 aliphatic rings. The van der Waals surface area contributed by atoms with Gasteiger partial charge in [0.1, 0.15) is 0 Å². The molecule has 2 N–H and O–H groups in total. The molecular formula is C10H17NS. The molecule has 0 spiro atoms. The maximum atomic E-state index is 5.44. The van der Waals surface area contributed by atoms with E-state index in [4.69, 9.17) is 5.14 Å². The minimum absolute atomic E-state index is 0.539. The zero-order chi connectivity index (χ0) is 9.56. The summed E-state index contributed by atoms with van der Waals surface area (Å²) < 4.78 is 0. The molecule has 0 bridgehead atoms. The number of nitrogens with two attached hydrogens (primary N) is 1. The van der Waals surface area contributed by atoms with Gasteiger partial charge >= 0.3 is 0 Å². The van der Waals surface area contributed by atoms with Crippen molar-refractivity contribution in [3.05, 3.63) is 35.3 Å². The standard InChI is InChI=1S/C10H17NS/c1-5-9(8(3)4)7-10(6-2)12-11/h5-8H,2,11H2,1,3-4H3/b9-5+,10-7+. The Hall–Kier alpha value is -0.470. The van der Waals surface area contributed by atoms with Crippen LogP contribution >= 0.6 is 11.9 Å². The lowest BCUT2D eigenvalue weighted by Gasteiger charge is -2.06. The van der Waals surface area contributed by atoms with E-state index in [1.165, 1.54) is 17.5 Å². The molecule has 68 valence electrons. The van der Waals surface area contributed by atoms with Gasteiger partial charge in [-0.1, -0.05) is 32.6 Å². The number of allylic oxidation sites excluding steroid dienone is 4. The average Bonchev–Trinajstić information content (AvgIpc) is 2.06. The van der Waals surface area contributed by atoms with Crippen molar-refractivity contribution < 1.29 is 0 Å². The zero-order valence-electron chi connectivity index (χ0n) is 8.00. The van der Waals surface area contributed by atoms with Crippen molar-refractivity contribution in [2.75, 3.05) is 0 Å². The molecule has 0 atom stereocenters. The summed E-state index contributed by atoms with van der Waals surface area (Å²) in [6, 6.07) is 0. The third-order valence-electron chi connectivity index (χ3n) is 1.65. The predicted octanol–water partition coefficient (Wildman–Crippen LogP) is 3.27. The molecule has 0 saturated carbocycles. The van der Waals surface area contributed by atoms with E-state index in [2.05, 4.69) is 32.6 Å². The van der Waals surface area contributed by atoms with Crippen molar-refractivity contribution in [2.45, 2.75) is 20.8 Å². The fourth-order valence-electron chi connectivity index (χ4n) is 0.889. The SMILES string of the molecule is C=C/C(=C\C(=C/C)C(C)C)SN. The molecule has 12 heavy (non-hydrogen) atoms. The highest BCUT2D eigenvalue weighted by atomic mass is 32.2. The van der Waals surface area contributed by atoms with Gasteiger partial charge < -0.3 is 0 Å². The molecular weight excluding hydrogens is 166 g/mol. The lowest BCUT2D eigenvalue weighted by molar-refractivity contribution is 0.789. The maximum Gasteiger partial charge on any atom is 0.0222 e. The van der Waals surface area contributed by atoms with E-state index in [1.807, 2.05) is 6.92 Å². The van der Waals surface area contributed by atoms with Crippen LogP contribution in [0.2, 0.25) is 0 Å². The molecule has 0 radical (unpaired) electrons. The largest absolute Gasteiger partial charge is 0.274 e. The van der Waals surface area contributed by atoms with Gasteiger partial charge in [-0.3, -0.25) is 5.14 Å². The average molecular weight is 183 g/mol. The second-order valence-corrected chi connectivity index (χ2v) is 3.52. The fraction of sp³-hybridized carbons (Fsp3) is 0.400. The highest BCUT2D eigenvalue weighted by molar-refractivity contribution is 8.01. The molecule has 0 rings (SSSR count). The molecule has 0 aromatic carbocycles. The van der Waals surface area contributed by atoms with Crippen molar-refractivity contribution in [2.24, 2.45) is 11.1 Å². The van der Waals surface area contributed by atoms with Gasteiger partial charge in [-0.2, -0.15) is 0 Å². The normalized spacial score (nSPS) is 13.8. The van der Waals surface area contributed by atoms with E-state index in [0.29, 0.717) is 5.92 Å². The summed E-state index contributed by atoms with van der Waals surface area (Å²) in [5.41, 5.74) is 1.29. The van der Waals surface area contributed by atoms with Gasteiger partial charge in [0.05, 0.1) is 0 Å². The quantitative estimate of drug-likeness (QED) is 0.535. The number of hydrogen-bond donors (Lipinski definition) is 1. The monoisotopic (exact) mass is 183 g/mol. The summed E-state index contributed by atoms with van der Waals surface area (Å²) >= 11 is 1.23. The van der Waals surface area contributed by atoms with Crippen LogP contribution in [-0.2, 0) is 0 Å². The zero-order valence-corrected chi connectivity index (χ0v) is 8.82. The van der Waals surface area contributed by atoms with E-state index in [1.54, 1.807) is 6.08 Å². The third kappa shape index (κ3) is 3.79. The molecule has 0 unspecified atom stereocenters. The van der Waals surface area contributed by atoms with Crippen molar-refractivity contribution in [1.82, 2.24) is 0 Å². The van der Waals surface area contributed by atoms with Crippen molar-refractivity contribution in [3.8, 4) is 0 Å². The summed E-state index contributed by atoms with van der Waals surface area (Å²) in [4.78, 5) is 1.01. The number of rotatable bonds is 4. The van der Waals surface area contributed by atoms with Crippen LogP contribution in [0.25, 0.3) is 0 Å². The molecule has 0 saturated heterocycles. The third-order valence-corrected chi connectivity index (χ3v) is 2.20. The molecule has 0 fully saturated rings. The van der Waals surface area contributed by atoms with E-state index < -0.39 is 0 Å². The second kappa shape index (κ2) is 6.09. The van der Waals surface area contributed by atoms with Crippen molar-refractivity contribution in [3.63, 3.8) is 0 Å². The van der Waals surface area contributed by atoms with E-state index in [9.17, 15) is 0 Å². The minimum Gasteiger partial charge on any atom is -0.274 e. The van der Waals surface area contributed by atoms with Crippen LogP contribution in [0.3, 0.4) is 0 Å². The first kappa shape index (κ1) is 11.5. The summed E-state index contributed by atoms with van der Waals surface area (Å²) in [7, 11) is 0. The molecule has 0 aromatic heterocycles. The van der Waals surface area contributed by atoms with Gasteiger partial charge in [-0.05, 0) is 36.4 Å². The van der Waals surface area contributed by atoms with Crippen LogP contribution in [0, 0.1) is 5.92 Å². The summed E-state index contributed by atoms with van der Waals surface area (Å²) in [5, 5.41) is 5.44. The minimum atomic E-state index is 0.539. The first-order chi connectivity index (χ1) is 5.65. The van der Waals surface area contributed by atoms with E-state index >= 15 is 0 Å². The molecule has 2 heteroatoms. The lowest BCUT2D eigenvalue weighted by Crippen LogP contribution is -1.91. The highest BCUT2D eigenvalue weighted by Gasteiger charge is 1.99. The first-order valence-corrected chi connectivity index (χ1v) is 4.90. The van der Waals surface area contributed by atoms with Crippen molar-refractivity contribution in [1.29, 1.82) is 0 Å². The summed E-state index contributed by atoms with van der Waals surface area (Å²) in [6.45, 7) is 10.0. The molecule has 0 aromatic rings. The van der Waals surface area contributed by atoms with Crippen LogP contribution < -0.4 is 5.14 Å². The van der Waals surface area contributed by atoms with Gasteiger partial charge in [0.15, 0.2) is 0 Å². The molecule has 0 heterocycles. The Kier molecular flexibility index (Phi) is 5.85. The highest BCUT2D eigenvalue weighted by Crippen LogP contribution is 2.17. The summed E-state index contributed by atoms with van der Waals surface area (Å²) in [5.74, 6) is 0.539. The van der Waals surface area contributed by atoms with Gasteiger partial charge in [0, 0.05) is 4.91 Å². The Morgan fingerprint density at radius 1 is 1.50 bits per heavy atom. The van der Waals surface area contributed by atoms with Crippen LogP contribution in [0.5, 0.6) is 0 Å². The molecule has 0 amide bonds. The Labute approximate surface area is 79.6 Å². The van der Waals surface area contributed by atoms with E-state index in [0.717, 1.165) is 4.91 Å². The van der Waals surface area contributed by atoms with Crippen LogP contribution in [0.4, 0.5) is 0 Å². The van der Waals surface area contributed by atoms with Crippen LogP contribution in [0.15, 0.2) is 35.3 Å². The van der Waals surface area contributed by atoms with Gasteiger partial charge in [-0.15, -0.1) is 0 Å². The van der Waals surface area contributed by atoms with E-state index in [-0.39, 0.29) is 0 Å². The maximum absolute atomic E-state index is 5.44. The predicted molar refractivity (Wildman–Crippen MR) is 58.7 cm³/mol. The summed E-state index contributed by atoms with van der Waals surface area (Å²) in [6.07, 6.45) is 5.95. The second-order valence-electron chi connectivity index (χ2n) is 2.81. The molecule has 0 aliphatic carbocycles. The van der Waals surface area contributed by atoms with Crippen LogP contribution in [0.1, 0.15) is 20.8 Å². The van der Waals surface area contributed by atoms with Crippen LogP contribution in [-0.4, -0.2) is 0 Å². The van der Waals surface area contributed by atoms with Crippen molar-refractivity contribution >= 4 is 11.9 Å². The smallest absolute Gasteiger partial charge is 0.0222 e. The Bertz CT molecular complexity index is 202. The molecule has 1 nitrogen and oxygen atoms in total.